The summed E-state index contributed by atoms with van der Waals surface area (Å²) < 4.78 is 5.03. The summed E-state index contributed by atoms with van der Waals surface area (Å²) >= 11 is 0. The third-order valence-electron chi connectivity index (χ3n) is 4.44. The Labute approximate surface area is 172 Å². The summed E-state index contributed by atoms with van der Waals surface area (Å²) in [5.74, 6) is -0.210. The van der Waals surface area contributed by atoms with Gasteiger partial charge in [0.1, 0.15) is 0 Å². The number of hydrogen-bond acceptors (Lipinski definition) is 8. The van der Waals surface area contributed by atoms with Crippen LogP contribution in [0.5, 0.6) is 0 Å². The molecule has 2 amide bonds. The highest BCUT2D eigenvalue weighted by Gasteiger charge is 2.22. The molecule has 3 heterocycles. The summed E-state index contributed by atoms with van der Waals surface area (Å²) in [6, 6.07) is 13.2. The fourth-order valence-corrected chi connectivity index (χ4v) is 2.90. The lowest BCUT2D eigenvalue weighted by Crippen LogP contribution is -2.31. The van der Waals surface area contributed by atoms with E-state index in [1.807, 2.05) is 30.3 Å². The van der Waals surface area contributed by atoms with Crippen molar-refractivity contribution in [2.45, 2.75) is 19.3 Å². The van der Waals surface area contributed by atoms with Gasteiger partial charge in [0, 0.05) is 37.2 Å². The zero-order valence-electron chi connectivity index (χ0n) is 16.0. The fourth-order valence-electron chi connectivity index (χ4n) is 2.90. The Morgan fingerprint density at radius 2 is 1.83 bits per heavy atom. The van der Waals surface area contributed by atoms with Crippen molar-refractivity contribution in [1.82, 2.24) is 25.6 Å². The molecule has 3 aromatic rings. The minimum atomic E-state index is -0.376. The summed E-state index contributed by atoms with van der Waals surface area (Å²) in [6.45, 7) is 0.517. The van der Waals surface area contributed by atoms with Gasteiger partial charge in [0.05, 0.1) is 12.3 Å². The predicted octanol–water partition coefficient (Wildman–Crippen LogP) is 1.99. The quantitative estimate of drug-likeness (QED) is 0.576. The van der Waals surface area contributed by atoms with E-state index in [4.69, 9.17) is 4.52 Å². The van der Waals surface area contributed by atoms with E-state index in [9.17, 15) is 9.59 Å². The van der Waals surface area contributed by atoms with Crippen molar-refractivity contribution in [3.05, 3.63) is 60.4 Å². The SMILES string of the molecule is O=C(CCC(=O)N1CCC(c2ccccc2)=N1)NNc1nc(-c2ccncc2)no1. The van der Waals surface area contributed by atoms with Gasteiger partial charge in [-0.3, -0.25) is 20.0 Å². The first kappa shape index (κ1) is 19.2. The monoisotopic (exact) mass is 405 g/mol. The molecule has 0 saturated heterocycles. The van der Waals surface area contributed by atoms with Gasteiger partial charge in [-0.1, -0.05) is 35.5 Å². The van der Waals surface area contributed by atoms with Gasteiger partial charge in [-0.15, -0.1) is 0 Å². The molecule has 0 fully saturated rings. The van der Waals surface area contributed by atoms with Crippen molar-refractivity contribution in [3.63, 3.8) is 0 Å². The summed E-state index contributed by atoms with van der Waals surface area (Å²) in [4.78, 5) is 32.4. The van der Waals surface area contributed by atoms with Crippen LogP contribution in [0.4, 0.5) is 6.01 Å². The summed E-state index contributed by atoms with van der Waals surface area (Å²) in [7, 11) is 0. The average Bonchev–Trinajstić information content (AvgIpc) is 3.47. The number of benzene rings is 1. The normalized spacial score (nSPS) is 13.1. The maximum atomic E-state index is 12.3. The van der Waals surface area contributed by atoms with Crippen LogP contribution >= 0.6 is 0 Å². The topological polar surface area (TPSA) is 126 Å². The van der Waals surface area contributed by atoms with Gasteiger partial charge in [-0.2, -0.15) is 10.1 Å². The van der Waals surface area contributed by atoms with E-state index < -0.39 is 0 Å². The number of pyridine rings is 1. The lowest BCUT2D eigenvalue weighted by atomic mass is 10.1. The van der Waals surface area contributed by atoms with Gasteiger partial charge in [-0.25, -0.2) is 10.4 Å². The molecule has 4 rings (SSSR count). The van der Waals surface area contributed by atoms with E-state index in [-0.39, 0.29) is 30.7 Å². The van der Waals surface area contributed by atoms with Crippen molar-refractivity contribution >= 4 is 23.5 Å². The van der Waals surface area contributed by atoms with Crippen molar-refractivity contribution in [2.24, 2.45) is 5.10 Å². The zero-order chi connectivity index (χ0) is 20.8. The molecule has 0 aliphatic carbocycles. The van der Waals surface area contributed by atoms with Crippen LogP contribution in [0.3, 0.4) is 0 Å². The van der Waals surface area contributed by atoms with E-state index in [0.717, 1.165) is 16.8 Å². The smallest absolute Gasteiger partial charge is 0.313 e. The fraction of sp³-hybridized carbons (Fsp3) is 0.200. The number of aromatic nitrogens is 3. The van der Waals surface area contributed by atoms with Crippen LogP contribution in [-0.2, 0) is 9.59 Å². The number of anilines is 1. The largest absolute Gasteiger partial charge is 0.340 e. The molecule has 152 valence electrons. The third kappa shape index (κ3) is 4.66. The summed E-state index contributed by atoms with van der Waals surface area (Å²) in [6.07, 6.45) is 3.98. The first-order valence-corrected chi connectivity index (χ1v) is 9.41. The van der Waals surface area contributed by atoms with E-state index in [0.29, 0.717) is 18.8 Å². The van der Waals surface area contributed by atoms with E-state index >= 15 is 0 Å². The first-order chi connectivity index (χ1) is 14.7. The van der Waals surface area contributed by atoms with E-state index in [2.05, 4.69) is 31.1 Å². The van der Waals surface area contributed by atoms with Crippen LogP contribution in [0.15, 0.2) is 64.5 Å². The molecule has 0 bridgehead atoms. The van der Waals surface area contributed by atoms with E-state index in [1.54, 1.807) is 24.5 Å². The zero-order valence-corrected chi connectivity index (χ0v) is 16.0. The molecule has 2 N–H and O–H groups in total. The predicted molar refractivity (Wildman–Crippen MR) is 108 cm³/mol. The summed E-state index contributed by atoms with van der Waals surface area (Å²) in [5, 5.41) is 9.62. The number of hydrazine groups is 1. The minimum absolute atomic E-state index is 0.00384. The number of hydrogen-bond donors (Lipinski definition) is 2. The Morgan fingerprint density at radius 1 is 1.03 bits per heavy atom. The van der Waals surface area contributed by atoms with Gasteiger partial charge in [0.25, 0.3) is 0 Å². The molecule has 30 heavy (non-hydrogen) atoms. The van der Waals surface area contributed by atoms with Crippen molar-refractivity contribution in [1.29, 1.82) is 0 Å². The Morgan fingerprint density at radius 3 is 2.63 bits per heavy atom. The Kier molecular flexibility index (Phi) is 5.74. The maximum Gasteiger partial charge on any atom is 0.340 e. The van der Waals surface area contributed by atoms with Crippen LogP contribution in [0, 0.1) is 0 Å². The molecule has 10 nitrogen and oxygen atoms in total. The second kappa shape index (κ2) is 8.95. The average molecular weight is 405 g/mol. The van der Waals surface area contributed by atoms with Crippen LogP contribution in [0.25, 0.3) is 11.4 Å². The number of nitrogens with one attached hydrogen (secondary N) is 2. The second-order valence-corrected chi connectivity index (χ2v) is 6.51. The lowest BCUT2D eigenvalue weighted by Gasteiger charge is -2.11. The van der Waals surface area contributed by atoms with Crippen molar-refractivity contribution < 1.29 is 14.1 Å². The lowest BCUT2D eigenvalue weighted by molar-refractivity contribution is -0.133. The van der Waals surface area contributed by atoms with Gasteiger partial charge in [-0.05, 0) is 17.7 Å². The van der Waals surface area contributed by atoms with Crippen LogP contribution in [0.1, 0.15) is 24.8 Å². The third-order valence-corrected chi connectivity index (χ3v) is 4.44. The number of carbonyl (C=O) groups is 2. The highest BCUT2D eigenvalue weighted by molar-refractivity contribution is 6.02. The maximum absolute atomic E-state index is 12.3. The van der Waals surface area contributed by atoms with Gasteiger partial charge < -0.3 is 4.52 Å². The number of hydrazone groups is 1. The molecule has 0 saturated carbocycles. The van der Waals surface area contributed by atoms with Gasteiger partial charge in [0.15, 0.2) is 0 Å². The molecule has 1 aromatic carbocycles. The van der Waals surface area contributed by atoms with Crippen LogP contribution < -0.4 is 10.9 Å². The number of rotatable bonds is 7. The highest BCUT2D eigenvalue weighted by Crippen LogP contribution is 2.16. The second-order valence-electron chi connectivity index (χ2n) is 6.51. The van der Waals surface area contributed by atoms with Gasteiger partial charge in [0.2, 0.25) is 17.6 Å². The molecule has 1 aliphatic heterocycles. The molecule has 0 radical (unpaired) electrons. The van der Waals surface area contributed by atoms with Crippen LogP contribution in [0.2, 0.25) is 0 Å². The Hall–Kier alpha value is -4.08. The van der Waals surface area contributed by atoms with E-state index in [1.165, 1.54) is 5.01 Å². The minimum Gasteiger partial charge on any atom is -0.313 e. The molecular formula is C20H19N7O3. The number of carbonyl (C=O) groups excluding carboxylic acids is 2. The molecule has 0 unspecified atom stereocenters. The number of amides is 2. The standard InChI is InChI=1S/C20H19N7O3/c28-17(23-24-20-22-19(26-30-20)15-8-11-21-12-9-15)6-7-18(29)27-13-10-16(25-27)14-4-2-1-3-5-14/h1-5,8-9,11-12H,6-7,10,13H2,(H,23,28)(H,22,24,26). The molecule has 0 atom stereocenters. The number of nitrogens with zero attached hydrogens (tertiary/aromatic N) is 5. The molecular weight excluding hydrogens is 386 g/mol. The molecule has 2 aromatic heterocycles. The Balaban J connectivity index is 1.23. The molecule has 10 heteroatoms. The highest BCUT2D eigenvalue weighted by atomic mass is 16.5. The first-order valence-electron chi connectivity index (χ1n) is 9.41. The van der Waals surface area contributed by atoms with Crippen molar-refractivity contribution in [2.75, 3.05) is 12.0 Å². The summed E-state index contributed by atoms with van der Waals surface area (Å²) in [5.41, 5.74) is 7.60. The van der Waals surface area contributed by atoms with Crippen LogP contribution in [-0.4, -0.2) is 44.2 Å². The molecule has 1 aliphatic rings. The van der Waals surface area contributed by atoms with Gasteiger partial charge >= 0.3 is 6.01 Å². The van der Waals surface area contributed by atoms with Crippen molar-refractivity contribution in [3.8, 4) is 11.4 Å². The Bertz CT molecular complexity index is 1050. The molecule has 0 spiro atoms.